The average molecular weight is 396 g/mol. The second kappa shape index (κ2) is 8.27. The van der Waals surface area contributed by atoms with Crippen molar-refractivity contribution in [3.05, 3.63) is 64.3 Å². The molecule has 1 aromatic carbocycles. The Morgan fingerprint density at radius 2 is 2.15 bits per heavy atom. The third-order valence-electron chi connectivity index (χ3n) is 3.32. The van der Waals surface area contributed by atoms with Gasteiger partial charge in [0.2, 0.25) is 0 Å². The lowest BCUT2D eigenvalue weighted by Gasteiger charge is -2.07. The van der Waals surface area contributed by atoms with E-state index < -0.39 is 5.91 Å². The van der Waals surface area contributed by atoms with E-state index in [0.29, 0.717) is 34.0 Å². The number of rotatable bonds is 7. The van der Waals surface area contributed by atoms with Gasteiger partial charge in [0, 0.05) is 7.11 Å². The molecule has 0 atom stereocenters. The Morgan fingerprint density at radius 1 is 1.31 bits per heavy atom. The summed E-state index contributed by atoms with van der Waals surface area (Å²) in [4.78, 5) is 12.2. The van der Waals surface area contributed by atoms with Crippen LogP contribution in [-0.4, -0.2) is 22.8 Å². The average Bonchev–Trinajstić information content (AvgIpc) is 3.26. The number of halogens is 2. The predicted octanol–water partition coefficient (Wildman–Crippen LogP) is 4.22. The lowest BCUT2D eigenvalue weighted by Crippen LogP contribution is -2.10. The minimum absolute atomic E-state index is 0.110. The number of benzene rings is 1. The van der Waals surface area contributed by atoms with E-state index in [1.165, 1.54) is 6.20 Å². The molecule has 2 heterocycles. The first-order chi connectivity index (χ1) is 12.6. The van der Waals surface area contributed by atoms with Crippen LogP contribution in [0.15, 0.2) is 47.1 Å². The number of hydrogen-bond acceptors (Lipinski definition) is 5. The van der Waals surface area contributed by atoms with Crippen molar-refractivity contribution in [3.8, 4) is 5.75 Å². The molecule has 0 aliphatic carbocycles. The zero-order chi connectivity index (χ0) is 18.5. The molecular formula is C17H15Cl2N3O4. The van der Waals surface area contributed by atoms with Gasteiger partial charge in [0.25, 0.3) is 5.91 Å². The Hall–Kier alpha value is -2.48. The maximum atomic E-state index is 12.2. The molecule has 26 heavy (non-hydrogen) atoms. The molecule has 0 aliphatic heterocycles. The largest absolute Gasteiger partial charge is 0.484 e. The van der Waals surface area contributed by atoms with Gasteiger partial charge >= 0.3 is 0 Å². The topological polar surface area (TPSA) is 78.5 Å². The maximum absolute atomic E-state index is 12.2. The number of hydrogen-bond donors (Lipinski definition) is 1. The molecule has 0 radical (unpaired) electrons. The fourth-order valence-electron chi connectivity index (χ4n) is 2.15. The van der Waals surface area contributed by atoms with Crippen LogP contribution < -0.4 is 10.1 Å². The SMILES string of the molecule is COCn1cc(NC(=O)c2ccc(COc3cccc(Cl)c3Cl)o2)cn1. The molecule has 0 spiro atoms. The van der Waals surface area contributed by atoms with Gasteiger partial charge in [-0.1, -0.05) is 29.3 Å². The molecular weight excluding hydrogens is 381 g/mol. The van der Waals surface area contributed by atoms with Crippen molar-refractivity contribution >= 4 is 34.8 Å². The van der Waals surface area contributed by atoms with Crippen molar-refractivity contribution in [1.82, 2.24) is 9.78 Å². The highest BCUT2D eigenvalue weighted by Gasteiger charge is 2.13. The minimum atomic E-state index is -0.394. The highest BCUT2D eigenvalue weighted by atomic mass is 35.5. The number of aromatic nitrogens is 2. The number of amides is 1. The number of ether oxygens (including phenoxy) is 2. The van der Waals surface area contributed by atoms with Gasteiger partial charge in [-0.05, 0) is 24.3 Å². The van der Waals surface area contributed by atoms with Gasteiger partial charge in [-0.2, -0.15) is 5.10 Å². The van der Waals surface area contributed by atoms with E-state index in [4.69, 9.17) is 37.1 Å². The Balaban J connectivity index is 1.59. The predicted molar refractivity (Wildman–Crippen MR) is 96.7 cm³/mol. The molecule has 2 aromatic heterocycles. The maximum Gasteiger partial charge on any atom is 0.291 e. The van der Waals surface area contributed by atoms with Crippen LogP contribution in [0.3, 0.4) is 0 Å². The smallest absolute Gasteiger partial charge is 0.291 e. The summed E-state index contributed by atoms with van der Waals surface area (Å²) in [5, 5.41) is 7.46. The number of carbonyl (C=O) groups is 1. The zero-order valence-electron chi connectivity index (χ0n) is 13.7. The van der Waals surface area contributed by atoms with Crippen molar-refractivity contribution in [2.45, 2.75) is 13.3 Å². The molecule has 0 saturated carbocycles. The molecule has 3 aromatic rings. The fraction of sp³-hybridized carbons (Fsp3) is 0.176. The number of carbonyl (C=O) groups excluding carboxylic acids is 1. The van der Waals surface area contributed by atoms with E-state index in [2.05, 4.69) is 10.4 Å². The lowest BCUT2D eigenvalue weighted by molar-refractivity contribution is 0.0992. The molecule has 1 N–H and O–H groups in total. The van der Waals surface area contributed by atoms with Gasteiger partial charge in [-0.25, -0.2) is 4.68 Å². The van der Waals surface area contributed by atoms with Crippen LogP contribution in [0.2, 0.25) is 10.0 Å². The highest BCUT2D eigenvalue weighted by Crippen LogP contribution is 2.32. The molecule has 0 bridgehead atoms. The van der Waals surface area contributed by atoms with Crippen molar-refractivity contribution in [3.63, 3.8) is 0 Å². The van der Waals surface area contributed by atoms with Crippen LogP contribution in [0.1, 0.15) is 16.3 Å². The first-order valence-corrected chi connectivity index (χ1v) is 8.30. The third kappa shape index (κ3) is 4.37. The molecule has 0 unspecified atom stereocenters. The van der Waals surface area contributed by atoms with E-state index in [1.54, 1.807) is 48.3 Å². The molecule has 0 saturated heterocycles. The summed E-state index contributed by atoms with van der Waals surface area (Å²) in [6.45, 7) is 0.406. The summed E-state index contributed by atoms with van der Waals surface area (Å²) in [6, 6.07) is 8.31. The van der Waals surface area contributed by atoms with Crippen LogP contribution in [0.5, 0.6) is 5.75 Å². The number of furan rings is 1. The van der Waals surface area contributed by atoms with E-state index in [-0.39, 0.29) is 12.4 Å². The normalized spacial score (nSPS) is 10.7. The van der Waals surface area contributed by atoms with Crippen molar-refractivity contribution in [2.24, 2.45) is 0 Å². The van der Waals surface area contributed by atoms with Gasteiger partial charge < -0.3 is 19.2 Å². The first kappa shape index (κ1) is 18.3. The molecule has 0 fully saturated rings. The monoisotopic (exact) mass is 395 g/mol. The summed E-state index contributed by atoms with van der Waals surface area (Å²) >= 11 is 12.0. The zero-order valence-corrected chi connectivity index (χ0v) is 15.3. The van der Waals surface area contributed by atoms with Gasteiger partial charge in [-0.3, -0.25) is 4.79 Å². The summed E-state index contributed by atoms with van der Waals surface area (Å²) in [5.74, 6) is 0.669. The minimum Gasteiger partial charge on any atom is -0.484 e. The Bertz CT molecular complexity index is 907. The molecule has 7 nitrogen and oxygen atoms in total. The second-order valence-electron chi connectivity index (χ2n) is 5.25. The van der Waals surface area contributed by atoms with Gasteiger partial charge in [0.05, 0.1) is 23.1 Å². The van der Waals surface area contributed by atoms with Crippen LogP contribution in [0, 0.1) is 0 Å². The molecule has 0 aliphatic rings. The number of anilines is 1. The van der Waals surface area contributed by atoms with Gasteiger partial charge in [0.15, 0.2) is 5.76 Å². The number of methoxy groups -OCH3 is 1. The Morgan fingerprint density at radius 3 is 2.96 bits per heavy atom. The van der Waals surface area contributed by atoms with Crippen LogP contribution in [-0.2, 0) is 18.1 Å². The lowest BCUT2D eigenvalue weighted by atomic mass is 10.3. The number of nitrogens with one attached hydrogen (secondary N) is 1. The first-order valence-electron chi connectivity index (χ1n) is 7.55. The quantitative estimate of drug-likeness (QED) is 0.647. The fourth-order valence-corrected chi connectivity index (χ4v) is 2.49. The van der Waals surface area contributed by atoms with Crippen molar-refractivity contribution in [1.29, 1.82) is 0 Å². The van der Waals surface area contributed by atoms with Crippen LogP contribution >= 0.6 is 23.2 Å². The number of nitrogens with zero attached hydrogens (tertiary/aromatic N) is 2. The van der Waals surface area contributed by atoms with Gasteiger partial charge in [0.1, 0.15) is 29.9 Å². The second-order valence-corrected chi connectivity index (χ2v) is 6.03. The van der Waals surface area contributed by atoms with E-state index in [9.17, 15) is 4.79 Å². The molecule has 9 heteroatoms. The summed E-state index contributed by atoms with van der Waals surface area (Å²) < 4.78 is 17.6. The van der Waals surface area contributed by atoms with Crippen molar-refractivity contribution in [2.75, 3.05) is 12.4 Å². The van der Waals surface area contributed by atoms with E-state index in [1.807, 2.05) is 0 Å². The van der Waals surface area contributed by atoms with Crippen molar-refractivity contribution < 1.29 is 18.7 Å². The highest BCUT2D eigenvalue weighted by molar-refractivity contribution is 6.42. The van der Waals surface area contributed by atoms with Gasteiger partial charge in [-0.15, -0.1) is 0 Å². The Kier molecular flexibility index (Phi) is 5.82. The standard InChI is InChI=1S/C17H15Cl2N3O4/c1-24-10-22-8-11(7-20-22)21-17(23)15-6-5-12(26-15)9-25-14-4-2-3-13(18)16(14)19/h2-8H,9-10H2,1H3,(H,21,23). The summed E-state index contributed by atoms with van der Waals surface area (Å²) in [5.41, 5.74) is 0.534. The van der Waals surface area contributed by atoms with E-state index in [0.717, 1.165) is 0 Å². The molecule has 136 valence electrons. The molecule has 1 amide bonds. The van der Waals surface area contributed by atoms with E-state index >= 15 is 0 Å². The summed E-state index contributed by atoms with van der Waals surface area (Å²) in [6.07, 6.45) is 3.17. The van der Waals surface area contributed by atoms with Crippen LogP contribution in [0.25, 0.3) is 0 Å². The molecule has 3 rings (SSSR count). The third-order valence-corrected chi connectivity index (χ3v) is 4.13. The summed E-state index contributed by atoms with van der Waals surface area (Å²) in [7, 11) is 1.56. The van der Waals surface area contributed by atoms with Crippen LogP contribution in [0.4, 0.5) is 5.69 Å². The Labute approximate surface area is 159 Å².